The van der Waals surface area contributed by atoms with E-state index in [1.165, 1.54) is 16.4 Å². The van der Waals surface area contributed by atoms with Gasteiger partial charge >= 0.3 is 5.97 Å². The molecule has 0 aromatic heterocycles. The molecule has 7 heteroatoms. The SMILES string of the molecule is O=C1OC2(CCCN(S(=O)(=O)c3ccc(-c4ccc(F)cc4)cc3)C2)c2ccccc21. The Morgan fingerprint density at radius 2 is 1.55 bits per heavy atom. The van der Waals surface area contributed by atoms with Crippen LogP contribution in [0.5, 0.6) is 0 Å². The van der Waals surface area contributed by atoms with E-state index in [2.05, 4.69) is 0 Å². The first-order valence-electron chi connectivity index (χ1n) is 10.1. The largest absolute Gasteiger partial charge is 0.449 e. The number of carbonyl (C=O) groups excluding carboxylic acids is 1. The molecule has 3 aromatic rings. The summed E-state index contributed by atoms with van der Waals surface area (Å²) < 4.78 is 47.0. The van der Waals surface area contributed by atoms with Gasteiger partial charge in [-0.1, -0.05) is 42.5 Å². The maximum Gasteiger partial charge on any atom is 0.339 e. The number of nitrogens with zero attached hydrogens (tertiary/aromatic N) is 1. The molecule has 1 atom stereocenters. The maximum absolute atomic E-state index is 13.3. The van der Waals surface area contributed by atoms with Crippen LogP contribution in [-0.4, -0.2) is 31.8 Å². The number of carbonyl (C=O) groups is 1. The van der Waals surface area contributed by atoms with Gasteiger partial charge in [0.05, 0.1) is 17.0 Å². The highest BCUT2D eigenvalue weighted by molar-refractivity contribution is 7.89. The number of ether oxygens (including phenoxy) is 1. The summed E-state index contributed by atoms with van der Waals surface area (Å²) >= 11 is 0. The molecule has 1 saturated heterocycles. The van der Waals surface area contributed by atoms with E-state index < -0.39 is 21.6 Å². The zero-order valence-corrected chi connectivity index (χ0v) is 17.4. The van der Waals surface area contributed by atoms with Crippen LogP contribution < -0.4 is 0 Å². The maximum atomic E-state index is 13.3. The predicted octanol–water partition coefficient (Wildman–Crippen LogP) is 4.34. The van der Waals surface area contributed by atoms with E-state index in [4.69, 9.17) is 4.74 Å². The van der Waals surface area contributed by atoms with Crippen molar-refractivity contribution in [3.63, 3.8) is 0 Å². The molecule has 1 spiro atoms. The average molecular weight is 437 g/mol. The summed E-state index contributed by atoms with van der Waals surface area (Å²) in [6, 6.07) is 19.8. The second-order valence-electron chi connectivity index (χ2n) is 7.90. The van der Waals surface area contributed by atoms with Gasteiger partial charge in [-0.25, -0.2) is 17.6 Å². The van der Waals surface area contributed by atoms with Gasteiger partial charge in [-0.2, -0.15) is 4.31 Å². The van der Waals surface area contributed by atoms with Crippen LogP contribution >= 0.6 is 0 Å². The topological polar surface area (TPSA) is 63.7 Å². The summed E-state index contributed by atoms with van der Waals surface area (Å²) in [5.74, 6) is -0.727. The van der Waals surface area contributed by atoms with Gasteiger partial charge in [-0.05, 0) is 54.3 Å². The number of halogens is 1. The molecule has 3 aromatic carbocycles. The van der Waals surface area contributed by atoms with Gasteiger partial charge in [0.2, 0.25) is 10.0 Å². The van der Waals surface area contributed by atoms with Crippen molar-refractivity contribution in [3.8, 4) is 11.1 Å². The molecule has 1 fully saturated rings. The lowest BCUT2D eigenvalue weighted by Gasteiger charge is -2.38. The summed E-state index contributed by atoms with van der Waals surface area (Å²) in [5.41, 5.74) is 1.92. The summed E-state index contributed by atoms with van der Waals surface area (Å²) in [4.78, 5) is 12.5. The first-order valence-corrected chi connectivity index (χ1v) is 11.5. The first kappa shape index (κ1) is 19.9. The van der Waals surface area contributed by atoms with Crippen LogP contribution in [0, 0.1) is 5.82 Å². The summed E-state index contributed by atoms with van der Waals surface area (Å²) in [7, 11) is -3.77. The Balaban J connectivity index is 1.43. The molecule has 5 rings (SSSR count). The van der Waals surface area contributed by atoms with Gasteiger partial charge in [0.25, 0.3) is 0 Å². The van der Waals surface area contributed by atoms with Crippen molar-refractivity contribution in [2.75, 3.05) is 13.1 Å². The lowest BCUT2D eigenvalue weighted by atomic mass is 9.86. The van der Waals surface area contributed by atoms with Crippen molar-refractivity contribution in [2.24, 2.45) is 0 Å². The third-order valence-corrected chi connectivity index (χ3v) is 7.87. The smallest absolute Gasteiger partial charge is 0.339 e. The van der Waals surface area contributed by atoms with Crippen molar-refractivity contribution in [2.45, 2.75) is 23.3 Å². The normalized spacial score (nSPS) is 21.1. The van der Waals surface area contributed by atoms with E-state index in [9.17, 15) is 17.6 Å². The third kappa shape index (κ3) is 3.34. The Labute approximate surface area is 180 Å². The standard InChI is InChI=1S/C24H20FNO4S/c25-19-10-6-17(7-11-19)18-8-12-20(13-9-18)31(28,29)26-15-3-14-24(16-26)22-5-2-1-4-21(22)23(27)30-24/h1-2,4-13H,3,14-16H2. The van der Waals surface area contributed by atoms with Gasteiger partial charge in [0.1, 0.15) is 5.82 Å². The van der Waals surface area contributed by atoms with E-state index in [0.29, 0.717) is 24.9 Å². The van der Waals surface area contributed by atoms with E-state index in [-0.39, 0.29) is 17.3 Å². The fraction of sp³-hybridized carbons (Fsp3) is 0.208. The second-order valence-corrected chi connectivity index (χ2v) is 9.84. The number of rotatable bonds is 3. The van der Waals surface area contributed by atoms with Crippen molar-refractivity contribution >= 4 is 16.0 Å². The van der Waals surface area contributed by atoms with Gasteiger partial charge in [0.15, 0.2) is 5.60 Å². The molecule has 2 aliphatic rings. The highest BCUT2D eigenvalue weighted by atomic mass is 32.2. The molecule has 31 heavy (non-hydrogen) atoms. The molecule has 0 saturated carbocycles. The number of hydrogen-bond donors (Lipinski definition) is 0. The Morgan fingerprint density at radius 3 is 2.26 bits per heavy atom. The summed E-state index contributed by atoms with van der Waals surface area (Å²) in [5, 5.41) is 0. The minimum atomic E-state index is -3.77. The zero-order valence-electron chi connectivity index (χ0n) is 16.6. The average Bonchev–Trinajstić information content (AvgIpc) is 3.05. The van der Waals surface area contributed by atoms with Crippen LogP contribution in [0.3, 0.4) is 0 Å². The van der Waals surface area contributed by atoms with Gasteiger partial charge in [0, 0.05) is 12.1 Å². The van der Waals surface area contributed by atoms with Crippen LogP contribution in [0.4, 0.5) is 4.39 Å². The lowest BCUT2D eigenvalue weighted by Crippen LogP contribution is -2.48. The van der Waals surface area contributed by atoms with Gasteiger partial charge in [-0.15, -0.1) is 0 Å². The Bertz CT molecular complexity index is 1260. The predicted molar refractivity (Wildman–Crippen MR) is 113 cm³/mol. The van der Waals surface area contributed by atoms with Gasteiger partial charge in [-0.3, -0.25) is 0 Å². The minimum Gasteiger partial charge on any atom is -0.449 e. The molecule has 158 valence electrons. The molecule has 1 unspecified atom stereocenters. The second kappa shape index (κ2) is 7.28. The number of esters is 1. The molecule has 0 radical (unpaired) electrons. The quantitative estimate of drug-likeness (QED) is 0.572. The molecule has 0 bridgehead atoms. The van der Waals surface area contributed by atoms with E-state index in [1.807, 2.05) is 12.1 Å². The molecule has 2 heterocycles. The summed E-state index contributed by atoms with van der Waals surface area (Å²) in [6.07, 6.45) is 1.18. The number of fused-ring (bicyclic) bond motifs is 2. The Hall–Kier alpha value is -3.03. The van der Waals surface area contributed by atoms with Crippen LogP contribution in [-0.2, 0) is 20.4 Å². The fourth-order valence-corrected chi connectivity index (χ4v) is 5.97. The lowest BCUT2D eigenvalue weighted by molar-refractivity contribution is -0.0345. The molecule has 0 amide bonds. The van der Waals surface area contributed by atoms with E-state index in [0.717, 1.165) is 16.7 Å². The fourth-order valence-electron chi connectivity index (χ4n) is 4.45. The van der Waals surface area contributed by atoms with Crippen LogP contribution in [0.1, 0.15) is 28.8 Å². The summed E-state index contributed by atoms with van der Waals surface area (Å²) in [6.45, 7) is 0.460. The number of piperidine rings is 1. The molecule has 0 aliphatic carbocycles. The highest BCUT2D eigenvalue weighted by Crippen LogP contribution is 2.43. The van der Waals surface area contributed by atoms with Crippen molar-refractivity contribution < 1.29 is 22.3 Å². The monoisotopic (exact) mass is 437 g/mol. The number of benzene rings is 3. The Kier molecular flexibility index (Phi) is 4.68. The van der Waals surface area contributed by atoms with Crippen LogP contribution in [0.2, 0.25) is 0 Å². The van der Waals surface area contributed by atoms with E-state index >= 15 is 0 Å². The van der Waals surface area contributed by atoms with Crippen molar-refractivity contribution in [1.29, 1.82) is 0 Å². The number of hydrogen-bond acceptors (Lipinski definition) is 4. The molecular weight excluding hydrogens is 417 g/mol. The van der Waals surface area contributed by atoms with Crippen LogP contribution in [0.25, 0.3) is 11.1 Å². The number of sulfonamides is 1. The highest BCUT2D eigenvalue weighted by Gasteiger charge is 2.50. The zero-order chi connectivity index (χ0) is 21.6. The molecule has 5 nitrogen and oxygen atoms in total. The van der Waals surface area contributed by atoms with Crippen molar-refractivity contribution in [1.82, 2.24) is 4.31 Å². The Morgan fingerprint density at radius 1 is 0.903 bits per heavy atom. The van der Waals surface area contributed by atoms with Crippen LogP contribution in [0.15, 0.2) is 77.7 Å². The first-order chi connectivity index (χ1) is 14.9. The third-order valence-electron chi connectivity index (χ3n) is 6.02. The molecule has 0 N–H and O–H groups in total. The molecular formula is C24H20FNO4S. The van der Waals surface area contributed by atoms with Crippen molar-refractivity contribution in [3.05, 3.63) is 89.7 Å². The van der Waals surface area contributed by atoms with E-state index in [1.54, 1.807) is 48.5 Å². The minimum absolute atomic E-state index is 0.0950. The van der Waals surface area contributed by atoms with Gasteiger partial charge < -0.3 is 4.74 Å². The molecule has 2 aliphatic heterocycles.